The van der Waals surface area contributed by atoms with E-state index in [2.05, 4.69) is 11.4 Å². The summed E-state index contributed by atoms with van der Waals surface area (Å²) in [6, 6.07) is 19.2. The lowest BCUT2D eigenvalue weighted by atomic mass is 10.1. The molecule has 1 aliphatic rings. The molecule has 0 aromatic heterocycles. The summed E-state index contributed by atoms with van der Waals surface area (Å²) in [4.78, 5) is 39.3. The molecule has 0 radical (unpaired) electrons. The van der Waals surface area contributed by atoms with Crippen LogP contribution in [0.3, 0.4) is 0 Å². The standard InChI is InChI=1S/C30H30N2O5S/c1-5-36-26-15-22(11-12-25(26)37-18-23-8-6-7-19(2)13-23)16-27-29(34)32(30(35)38-27)17-28(33)31-24-14-20(3)9-10-21(24)4/h6-16H,5,17-18H2,1-4H3,(H,31,33)/b27-16-. The first kappa shape index (κ1) is 27.0. The largest absolute Gasteiger partial charge is 0.490 e. The highest BCUT2D eigenvalue weighted by Gasteiger charge is 2.36. The number of rotatable bonds is 9. The van der Waals surface area contributed by atoms with Gasteiger partial charge in [-0.15, -0.1) is 0 Å². The number of carbonyl (C=O) groups is 3. The third kappa shape index (κ3) is 6.63. The maximum atomic E-state index is 13.0. The summed E-state index contributed by atoms with van der Waals surface area (Å²) in [6.45, 7) is 8.20. The molecule has 0 saturated carbocycles. The van der Waals surface area contributed by atoms with Crippen LogP contribution in [0.15, 0.2) is 65.6 Å². The van der Waals surface area contributed by atoms with Crippen molar-refractivity contribution < 1.29 is 23.9 Å². The number of anilines is 1. The van der Waals surface area contributed by atoms with Gasteiger partial charge in [0.15, 0.2) is 11.5 Å². The number of nitrogens with one attached hydrogen (secondary N) is 1. The van der Waals surface area contributed by atoms with Crippen molar-refractivity contribution in [3.8, 4) is 11.5 Å². The van der Waals surface area contributed by atoms with Crippen molar-refractivity contribution in [3.63, 3.8) is 0 Å². The van der Waals surface area contributed by atoms with Crippen LogP contribution in [0.25, 0.3) is 6.08 Å². The number of imide groups is 1. The molecule has 1 N–H and O–H groups in total. The predicted octanol–water partition coefficient (Wildman–Crippen LogP) is 6.26. The minimum atomic E-state index is -0.506. The van der Waals surface area contributed by atoms with Gasteiger partial charge in [0.05, 0.1) is 11.5 Å². The van der Waals surface area contributed by atoms with Gasteiger partial charge < -0.3 is 14.8 Å². The number of benzene rings is 3. The first-order valence-corrected chi connectivity index (χ1v) is 13.1. The molecule has 0 bridgehead atoms. The van der Waals surface area contributed by atoms with E-state index in [9.17, 15) is 14.4 Å². The molecule has 0 atom stereocenters. The Balaban J connectivity index is 1.45. The zero-order valence-electron chi connectivity index (χ0n) is 21.9. The van der Waals surface area contributed by atoms with Crippen LogP contribution in [0, 0.1) is 20.8 Å². The highest BCUT2D eigenvalue weighted by molar-refractivity contribution is 8.18. The molecule has 1 saturated heterocycles. The van der Waals surface area contributed by atoms with Crippen molar-refractivity contribution in [2.75, 3.05) is 18.5 Å². The zero-order valence-corrected chi connectivity index (χ0v) is 22.7. The molecular weight excluding hydrogens is 500 g/mol. The number of hydrogen-bond acceptors (Lipinski definition) is 6. The van der Waals surface area contributed by atoms with Crippen LogP contribution >= 0.6 is 11.8 Å². The third-order valence-electron chi connectivity index (χ3n) is 5.88. The highest BCUT2D eigenvalue weighted by Crippen LogP contribution is 2.35. The van der Waals surface area contributed by atoms with Crippen LogP contribution in [-0.4, -0.2) is 35.1 Å². The van der Waals surface area contributed by atoms with E-state index < -0.39 is 17.1 Å². The summed E-state index contributed by atoms with van der Waals surface area (Å²) >= 11 is 0.809. The molecule has 7 nitrogen and oxygen atoms in total. The molecule has 1 heterocycles. The zero-order chi connectivity index (χ0) is 27.2. The molecule has 3 aromatic carbocycles. The highest BCUT2D eigenvalue weighted by atomic mass is 32.2. The average Bonchev–Trinajstić information content (AvgIpc) is 3.13. The minimum absolute atomic E-state index is 0.241. The molecule has 3 aromatic rings. The van der Waals surface area contributed by atoms with E-state index in [-0.39, 0.29) is 11.4 Å². The Bertz CT molecular complexity index is 1420. The monoisotopic (exact) mass is 530 g/mol. The number of amides is 3. The van der Waals surface area contributed by atoms with Gasteiger partial charge in [0.1, 0.15) is 13.2 Å². The first-order valence-electron chi connectivity index (χ1n) is 12.3. The van der Waals surface area contributed by atoms with Crippen LogP contribution < -0.4 is 14.8 Å². The van der Waals surface area contributed by atoms with E-state index >= 15 is 0 Å². The molecular formula is C30H30N2O5S. The van der Waals surface area contributed by atoms with Crippen molar-refractivity contribution in [3.05, 3.63) is 93.4 Å². The molecule has 196 valence electrons. The summed E-state index contributed by atoms with van der Waals surface area (Å²) in [7, 11) is 0. The third-order valence-corrected chi connectivity index (χ3v) is 6.79. The van der Waals surface area contributed by atoms with Crippen molar-refractivity contribution in [2.24, 2.45) is 0 Å². The Labute approximate surface area is 226 Å². The van der Waals surface area contributed by atoms with Crippen LogP contribution in [0.4, 0.5) is 10.5 Å². The molecule has 1 fully saturated rings. The number of aryl methyl sites for hydroxylation is 3. The normalized spacial score (nSPS) is 14.2. The van der Waals surface area contributed by atoms with E-state index in [4.69, 9.17) is 9.47 Å². The molecule has 0 spiro atoms. The van der Waals surface area contributed by atoms with E-state index in [0.717, 1.165) is 38.9 Å². The Morgan fingerprint density at radius 1 is 0.947 bits per heavy atom. The summed E-state index contributed by atoms with van der Waals surface area (Å²) < 4.78 is 11.8. The summed E-state index contributed by atoms with van der Waals surface area (Å²) in [6.07, 6.45) is 1.63. The molecule has 1 aliphatic heterocycles. The van der Waals surface area contributed by atoms with Gasteiger partial charge in [-0.05, 0) is 86.0 Å². The number of thioether (sulfide) groups is 1. The second-order valence-electron chi connectivity index (χ2n) is 9.05. The second kappa shape index (κ2) is 12.0. The Morgan fingerprint density at radius 3 is 2.50 bits per heavy atom. The molecule has 3 amide bonds. The van der Waals surface area contributed by atoms with E-state index in [0.29, 0.717) is 36.0 Å². The molecule has 38 heavy (non-hydrogen) atoms. The molecule has 0 aliphatic carbocycles. The Morgan fingerprint density at radius 2 is 1.74 bits per heavy atom. The quantitative estimate of drug-likeness (QED) is 0.329. The van der Waals surface area contributed by atoms with Gasteiger partial charge in [0.2, 0.25) is 5.91 Å². The van der Waals surface area contributed by atoms with Gasteiger partial charge in [-0.1, -0.05) is 48.0 Å². The lowest BCUT2D eigenvalue weighted by molar-refractivity contribution is -0.127. The summed E-state index contributed by atoms with van der Waals surface area (Å²) in [5.74, 6) is 0.188. The summed E-state index contributed by atoms with van der Waals surface area (Å²) in [5.41, 5.74) is 5.44. The minimum Gasteiger partial charge on any atom is -0.490 e. The van der Waals surface area contributed by atoms with E-state index in [1.807, 2.05) is 64.1 Å². The summed E-state index contributed by atoms with van der Waals surface area (Å²) in [5, 5.41) is 2.31. The fourth-order valence-corrected chi connectivity index (χ4v) is 4.79. The van der Waals surface area contributed by atoms with Crippen LogP contribution in [0.1, 0.15) is 34.7 Å². The SMILES string of the molecule is CCOc1cc(/C=C2\SC(=O)N(CC(=O)Nc3cc(C)ccc3C)C2=O)ccc1OCc1cccc(C)c1. The van der Waals surface area contributed by atoms with Crippen molar-refractivity contribution >= 4 is 40.6 Å². The Hall–Kier alpha value is -4.04. The maximum Gasteiger partial charge on any atom is 0.294 e. The maximum absolute atomic E-state index is 13.0. The van der Waals surface area contributed by atoms with Gasteiger partial charge >= 0.3 is 0 Å². The second-order valence-corrected chi connectivity index (χ2v) is 10.0. The lowest BCUT2D eigenvalue weighted by Crippen LogP contribution is -2.36. The Kier molecular flexibility index (Phi) is 8.53. The first-order chi connectivity index (χ1) is 18.2. The van der Waals surface area contributed by atoms with Gasteiger partial charge in [-0.3, -0.25) is 19.3 Å². The van der Waals surface area contributed by atoms with Crippen LogP contribution in [0.5, 0.6) is 11.5 Å². The van der Waals surface area contributed by atoms with Gasteiger partial charge in [-0.2, -0.15) is 0 Å². The van der Waals surface area contributed by atoms with Gasteiger partial charge in [-0.25, -0.2) is 0 Å². The van der Waals surface area contributed by atoms with Crippen molar-refractivity contribution in [1.29, 1.82) is 0 Å². The van der Waals surface area contributed by atoms with Gasteiger partial charge in [0, 0.05) is 5.69 Å². The topological polar surface area (TPSA) is 84.9 Å². The molecule has 0 unspecified atom stereocenters. The van der Waals surface area contributed by atoms with Crippen molar-refractivity contribution in [1.82, 2.24) is 4.90 Å². The predicted molar refractivity (Wildman–Crippen MR) is 150 cm³/mol. The van der Waals surface area contributed by atoms with Crippen LogP contribution in [-0.2, 0) is 16.2 Å². The number of carbonyl (C=O) groups excluding carboxylic acids is 3. The van der Waals surface area contributed by atoms with Crippen molar-refractivity contribution in [2.45, 2.75) is 34.3 Å². The number of ether oxygens (including phenoxy) is 2. The number of hydrogen-bond donors (Lipinski definition) is 1. The smallest absolute Gasteiger partial charge is 0.294 e. The molecule has 8 heteroatoms. The fraction of sp³-hybridized carbons (Fsp3) is 0.233. The average molecular weight is 531 g/mol. The van der Waals surface area contributed by atoms with E-state index in [1.165, 1.54) is 0 Å². The lowest BCUT2D eigenvalue weighted by Gasteiger charge is -2.14. The van der Waals surface area contributed by atoms with E-state index in [1.54, 1.807) is 24.3 Å². The number of nitrogens with zero attached hydrogens (tertiary/aromatic N) is 1. The van der Waals surface area contributed by atoms with Crippen LogP contribution in [0.2, 0.25) is 0 Å². The van der Waals surface area contributed by atoms with Gasteiger partial charge in [0.25, 0.3) is 11.1 Å². The molecule has 4 rings (SSSR count). The fourth-order valence-electron chi connectivity index (χ4n) is 3.96.